The third kappa shape index (κ3) is 1.97. The summed E-state index contributed by atoms with van der Waals surface area (Å²) in [6, 6.07) is 1.83. The minimum atomic E-state index is -0.0590. The van der Waals surface area contributed by atoms with E-state index in [2.05, 4.69) is 15.2 Å². The van der Waals surface area contributed by atoms with E-state index >= 15 is 0 Å². The van der Waals surface area contributed by atoms with Crippen LogP contribution in [0.2, 0.25) is 4.47 Å². The van der Waals surface area contributed by atoms with Gasteiger partial charge < -0.3 is 0 Å². The van der Waals surface area contributed by atoms with E-state index in [9.17, 15) is 4.79 Å². The molecule has 0 radical (unpaired) electrons. The lowest BCUT2D eigenvalue weighted by Gasteiger charge is -2.00. The summed E-state index contributed by atoms with van der Waals surface area (Å²) in [5.74, 6) is 0. The SMILES string of the molecule is O=c1c2sccc2ncn1Cc1nnc(Cl)s1. The molecule has 0 aliphatic heterocycles. The second kappa shape index (κ2) is 4.17. The fraction of sp³-hybridized carbons (Fsp3) is 0.111. The molecule has 3 aromatic rings. The summed E-state index contributed by atoms with van der Waals surface area (Å²) in [5.41, 5.74) is 0.669. The van der Waals surface area contributed by atoms with Gasteiger partial charge in [0.25, 0.3) is 5.56 Å². The monoisotopic (exact) mass is 284 g/mol. The predicted octanol–water partition coefficient (Wildman–Crippen LogP) is 2.01. The number of hydrogen-bond acceptors (Lipinski definition) is 6. The Hall–Kier alpha value is -1.31. The van der Waals surface area contributed by atoms with Crippen molar-refractivity contribution in [1.82, 2.24) is 19.7 Å². The smallest absolute Gasteiger partial charge is 0.271 e. The van der Waals surface area contributed by atoms with Crippen molar-refractivity contribution in [2.45, 2.75) is 6.54 Å². The molecule has 0 saturated heterocycles. The number of hydrogen-bond donors (Lipinski definition) is 0. The van der Waals surface area contributed by atoms with E-state index < -0.39 is 0 Å². The van der Waals surface area contributed by atoms with Crippen molar-refractivity contribution in [3.63, 3.8) is 0 Å². The van der Waals surface area contributed by atoms with E-state index in [-0.39, 0.29) is 5.56 Å². The highest BCUT2D eigenvalue weighted by Crippen LogP contribution is 2.16. The Morgan fingerprint density at radius 3 is 3.06 bits per heavy atom. The molecule has 17 heavy (non-hydrogen) atoms. The molecule has 0 amide bonds. The van der Waals surface area contributed by atoms with Crippen LogP contribution >= 0.6 is 34.3 Å². The summed E-state index contributed by atoms with van der Waals surface area (Å²) in [6.45, 7) is 0.351. The molecule has 86 valence electrons. The zero-order chi connectivity index (χ0) is 11.8. The van der Waals surface area contributed by atoms with Crippen molar-refractivity contribution in [3.8, 4) is 0 Å². The Bertz CT molecular complexity index is 732. The van der Waals surface area contributed by atoms with Crippen LogP contribution in [0.25, 0.3) is 10.2 Å². The third-order valence-corrected chi connectivity index (χ3v) is 4.08. The maximum Gasteiger partial charge on any atom is 0.271 e. The second-order valence-electron chi connectivity index (χ2n) is 3.26. The number of rotatable bonds is 2. The van der Waals surface area contributed by atoms with Crippen molar-refractivity contribution in [1.29, 1.82) is 0 Å². The van der Waals surface area contributed by atoms with Gasteiger partial charge in [-0.1, -0.05) is 11.3 Å². The van der Waals surface area contributed by atoms with Crippen molar-refractivity contribution in [2.24, 2.45) is 0 Å². The van der Waals surface area contributed by atoms with Crippen molar-refractivity contribution >= 4 is 44.5 Å². The molecule has 0 aliphatic carbocycles. The lowest BCUT2D eigenvalue weighted by molar-refractivity contribution is 0.735. The number of fused-ring (bicyclic) bond motifs is 1. The predicted molar refractivity (Wildman–Crippen MR) is 67.9 cm³/mol. The van der Waals surface area contributed by atoms with Crippen LogP contribution in [0.1, 0.15) is 5.01 Å². The van der Waals surface area contributed by atoms with Gasteiger partial charge in [-0.25, -0.2) is 4.98 Å². The summed E-state index contributed by atoms with van der Waals surface area (Å²) in [6.07, 6.45) is 1.52. The molecule has 0 aliphatic rings. The molecule has 3 aromatic heterocycles. The van der Waals surface area contributed by atoms with Gasteiger partial charge in [0, 0.05) is 0 Å². The van der Waals surface area contributed by atoms with Gasteiger partial charge in [0.05, 0.1) is 18.4 Å². The standard InChI is InChI=1S/C9H5ClN4OS2/c10-9-13-12-6(17-9)3-14-4-11-5-1-2-16-7(5)8(14)15/h1-2,4H,3H2. The maximum atomic E-state index is 12.1. The Balaban J connectivity index is 2.06. The van der Waals surface area contributed by atoms with Crippen molar-refractivity contribution in [2.75, 3.05) is 0 Å². The van der Waals surface area contributed by atoms with Gasteiger partial charge in [-0.3, -0.25) is 9.36 Å². The highest BCUT2D eigenvalue weighted by atomic mass is 35.5. The highest BCUT2D eigenvalue weighted by molar-refractivity contribution is 7.17. The van der Waals surface area contributed by atoms with Crippen LogP contribution in [-0.2, 0) is 6.54 Å². The molecule has 0 unspecified atom stereocenters. The fourth-order valence-corrected chi connectivity index (χ4v) is 3.09. The van der Waals surface area contributed by atoms with E-state index in [4.69, 9.17) is 11.6 Å². The average molecular weight is 285 g/mol. The molecule has 0 N–H and O–H groups in total. The number of thiophene rings is 1. The average Bonchev–Trinajstić information content (AvgIpc) is 2.92. The van der Waals surface area contributed by atoms with Crippen LogP contribution in [0.5, 0.6) is 0 Å². The normalized spacial score (nSPS) is 11.1. The van der Waals surface area contributed by atoms with Gasteiger partial charge in [-0.2, -0.15) is 0 Å². The Morgan fingerprint density at radius 1 is 1.41 bits per heavy atom. The van der Waals surface area contributed by atoms with E-state index in [1.165, 1.54) is 33.6 Å². The lowest BCUT2D eigenvalue weighted by Crippen LogP contribution is -2.20. The largest absolute Gasteiger partial charge is 0.291 e. The van der Waals surface area contributed by atoms with E-state index in [1.807, 2.05) is 11.4 Å². The minimum Gasteiger partial charge on any atom is -0.291 e. The van der Waals surface area contributed by atoms with Crippen LogP contribution in [0.3, 0.4) is 0 Å². The molecule has 0 bridgehead atoms. The van der Waals surface area contributed by atoms with Crippen LogP contribution in [0, 0.1) is 0 Å². The molecule has 3 rings (SSSR count). The van der Waals surface area contributed by atoms with Crippen molar-refractivity contribution < 1.29 is 0 Å². The zero-order valence-corrected chi connectivity index (χ0v) is 10.7. The van der Waals surface area contributed by atoms with Crippen molar-refractivity contribution in [3.05, 3.63) is 37.6 Å². The van der Waals surface area contributed by atoms with E-state index in [1.54, 1.807) is 0 Å². The quantitative estimate of drug-likeness (QED) is 0.722. The summed E-state index contributed by atoms with van der Waals surface area (Å²) in [5, 5.41) is 10.1. The van der Waals surface area contributed by atoms with Gasteiger partial charge in [0.2, 0.25) is 4.47 Å². The summed E-state index contributed by atoms with van der Waals surface area (Å²) in [4.78, 5) is 16.3. The maximum absolute atomic E-state index is 12.1. The molecular formula is C9H5ClN4OS2. The Kier molecular flexibility index (Phi) is 2.65. The molecule has 0 saturated carbocycles. The third-order valence-electron chi connectivity index (χ3n) is 2.18. The van der Waals surface area contributed by atoms with Gasteiger partial charge in [0.1, 0.15) is 9.71 Å². The number of halogens is 1. The van der Waals surface area contributed by atoms with Crippen LogP contribution in [-0.4, -0.2) is 19.7 Å². The van der Waals surface area contributed by atoms with Gasteiger partial charge in [-0.15, -0.1) is 21.5 Å². The molecule has 8 heteroatoms. The van der Waals surface area contributed by atoms with Crippen LogP contribution in [0.4, 0.5) is 0 Å². The van der Waals surface area contributed by atoms with Gasteiger partial charge in [-0.05, 0) is 23.0 Å². The second-order valence-corrected chi connectivity index (χ2v) is 5.82. The van der Waals surface area contributed by atoms with E-state index in [0.29, 0.717) is 20.7 Å². The molecule has 0 fully saturated rings. The minimum absolute atomic E-state index is 0.0590. The molecule has 0 atom stereocenters. The molecule has 3 heterocycles. The first-order valence-corrected chi connectivity index (χ1v) is 6.72. The first kappa shape index (κ1) is 10.8. The molecule has 0 aromatic carbocycles. The van der Waals surface area contributed by atoms with Gasteiger partial charge in [0.15, 0.2) is 0 Å². The van der Waals surface area contributed by atoms with Crippen LogP contribution < -0.4 is 5.56 Å². The molecular weight excluding hydrogens is 280 g/mol. The van der Waals surface area contributed by atoms with E-state index in [0.717, 1.165) is 5.52 Å². The number of aromatic nitrogens is 4. The summed E-state index contributed by atoms with van der Waals surface area (Å²) < 4.78 is 2.54. The topological polar surface area (TPSA) is 60.7 Å². The Morgan fingerprint density at radius 2 is 2.29 bits per heavy atom. The highest BCUT2D eigenvalue weighted by Gasteiger charge is 2.08. The van der Waals surface area contributed by atoms with Gasteiger partial charge >= 0.3 is 0 Å². The fourth-order valence-electron chi connectivity index (χ4n) is 1.43. The zero-order valence-electron chi connectivity index (χ0n) is 8.33. The molecule has 0 spiro atoms. The van der Waals surface area contributed by atoms with Crippen LogP contribution in [0.15, 0.2) is 22.6 Å². The first-order valence-electron chi connectivity index (χ1n) is 4.64. The summed E-state index contributed by atoms with van der Waals surface area (Å²) in [7, 11) is 0. The Labute approximate surface area is 108 Å². The first-order chi connectivity index (χ1) is 8.24. The lowest BCUT2D eigenvalue weighted by atomic mass is 10.4. The summed E-state index contributed by atoms with van der Waals surface area (Å²) >= 11 is 8.34. The number of nitrogens with zero attached hydrogens (tertiary/aromatic N) is 4. The molecule has 5 nitrogen and oxygen atoms in total.